The third-order valence-corrected chi connectivity index (χ3v) is 4.44. The van der Waals surface area contributed by atoms with Crippen LogP contribution in [0.1, 0.15) is 37.7 Å². The van der Waals surface area contributed by atoms with E-state index in [2.05, 4.69) is 0 Å². The lowest BCUT2D eigenvalue weighted by atomic mass is 9.74. The number of methoxy groups -OCH3 is 1. The van der Waals surface area contributed by atoms with Crippen LogP contribution in [0, 0.1) is 5.41 Å². The van der Waals surface area contributed by atoms with Crippen LogP contribution < -0.4 is 15.2 Å². The fraction of sp³-hybridized carbons (Fsp3) is 0.562. The molecule has 21 heavy (non-hydrogen) atoms. The van der Waals surface area contributed by atoms with Crippen LogP contribution in [-0.4, -0.2) is 31.3 Å². The Hall–Kier alpha value is -1.75. The van der Waals surface area contributed by atoms with Crippen molar-refractivity contribution in [1.82, 2.24) is 0 Å². The summed E-state index contributed by atoms with van der Waals surface area (Å²) in [5.74, 6) is 1.38. The molecule has 1 aliphatic heterocycles. The Balaban J connectivity index is 1.74. The van der Waals surface area contributed by atoms with Crippen molar-refractivity contribution in [2.75, 3.05) is 13.7 Å². The summed E-state index contributed by atoms with van der Waals surface area (Å²) in [5.41, 5.74) is 6.25. The molecule has 1 spiro atoms. The number of nitrogens with one attached hydrogen (secondary N) is 1. The van der Waals surface area contributed by atoms with Crippen molar-refractivity contribution in [1.29, 1.82) is 5.41 Å². The molecule has 2 fully saturated rings. The summed E-state index contributed by atoms with van der Waals surface area (Å²) in [7, 11) is 1.60. The van der Waals surface area contributed by atoms with Crippen molar-refractivity contribution < 1.29 is 14.2 Å². The minimum atomic E-state index is 0.0150. The molecule has 1 aliphatic carbocycles. The Morgan fingerprint density at radius 2 is 2.10 bits per heavy atom. The highest BCUT2D eigenvalue weighted by Crippen LogP contribution is 2.43. The second-order valence-electron chi connectivity index (χ2n) is 5.93. The van der Waals surface area contributed by atoms with Crippen LogP contribution in [0.4, 0.5) is 0 Å². The van der Waals surface area contributed by atoms with Gasteiger partial charge in [0, 0.05) is 24.5 Å². The first-order valence-electron chi connectivity index (χ1n) is 7.44. The lowest BCUT2D eigenvalue weighted by molar-refractivity contribution is -0.153. The van der Waals surface area contributed by atoms with Crippen LogP contribution in [-0.2, 0) is 4.74 Å². The number of benzene rings is 1. The summed E-state index contributed by atoms with van der Waals surface area (Å²) in [6.07, 6.45) is 5.53. The van der Waals surface area contributed by atoms with Gasteiger partial charge in [-0.2, -0.15) is 0 Å². The molecule has 1 aromatic carbocycles. The van der Waals surface area contributed by atoms with E-state index in [1.165, 1.54) is 6.42 Å². The summed E-state index contributed by atoms with van der Waals surface area (Å²) in [5, 5.41) is 7.57. The van der Waals surface area contributed by atoms with Gasteiger partial charge >= 0.3 is 0 Å². The molecule has 0 bridgehead atoms. The van der Waals surface area contributed by atoms with Gasteiger partial charge in [0.05, 0.1) is 19.3 Å². The second kappa shape index (κ2) is 5.56. The second-order valence-corrected chi connectivity index (χ2v) is 5.93. The number of hydrogen-bond acceptors (Lipinski definition) is 4. The standard InChI is InChI=1S/C16H22N2O3/c1-19-13-7-11(15(17)18)8-14(9-13)21-12-3-6-20-16(10-12)4-2-5-16/h7-9,12H,2-6,10H2,1H3,(H3,17,18). The SMILES string of the molecule is COc1cc(OC2CCOC3(CCC3)C2)cc(C(=N)N)c1. The zero-order chi connectivity index (χ0) is 14.9. The summed E-state index contributed by atoms with van der Waals surface area (Å²) >= 11 is 0. The minimum absolute atomic E-state index is 0.0150. The molecular weight excluding hydrogens is 268 g/mol. The van der Waals surface area contributed by atoms with Crippen LogP contribution in [0.2, 0.25) is 0 Å². The van der Waals surface area contributed by atoms with Gasteiger partial charge in [-0.1, -0.05) is 0 Å². The zero-order valence-corrected chi connectivity index (χ0v) is 12.4. The quantitative estimate of drug-likeness (QED) is 0.659. The first-order chi connectivity index (χ1) is 10.1. The third kappa shape index (κ3) is 2.97. The Bertz CT molecular complexity index is 540. The van der Waals surface area contributed by atoms with E-state index < -0.39 is 0 Å². The van der Waals surface area contributed by atoms with E-state index in [9.17, 15) is 0 Å². The maximum Gasteiger partial charge on any atom is 0.124 e. The molecule has 1 aromatic rings. The van der Waals surface area contributed by atoms with Crippen LogP contribution in [0.25, 0.3) is 0 Å². The van der Waals surface area contributed by atoms with Crippen molar-refractivity contribution in [3.63, 3.8) is 0 Å². The van der Waals surface area contributed by atoms with Gasteiger partial charge in [-0.25, -0.2) is 0 Å². The van der Waals surface area contributed by atoms with Crippen molar-refractivity contribution in [3.8, 4) is 11.5 Å². The topological polar surface area (TPSA) is 77.6 Å². The molecule has 0 amide bonds. The molecule has 2 aliphatic rings. The molecular formula is C16H22N2O3. The summed E-state index contributed by atoms with van der Waals surface area (Å²) in [4.78, 5) is 0. The van der Waals surface area contributed by atoms with E-state index >= 15 is 0 Å². The number of hydrogen-bond donors (Lipinski definition) is 2. The Labute approximate surface area is 124 Å². The molecule has 3 rings (SSSR count). The first-order valence-corrected chi connectivity index (χ1v) is 7.44. The predicted octanol–water partition coefficient (Wildman–Crippen LogP) is 2.46. The smallest absolute Gasteiger partial charge is 0.124 e. The Morgan fingerprint density at radius 1 is 1.33 bits per heavy atom. The number of nitrogens with two attached hydrogens (primary N) is 1. The van der Waals surface area contributed by atoms with Crippen molar-refractivity contribution in [2.24, 2.45) is 5.73 Å². The molecule has 1 heterocycles. The van der Waals surface area contributed by atoms with E-state index in [0.29, 0.717) is 17.1 Å². The van der Waals surface area contributed by atoms with Crippen LogP contribution in [0.15, 0.2) is 18.2 Å². The van der Waals surface area contributed by atoms with Gasteiger partial charge < -0.3 is 19.9 Å². The Kier molecular flexibility index (Phi) is 3.76. The van der Waals surface area contributed by atoms with Crippen LogP contribution in [0.5, 0.6) is 11.5 Å². The van der Waals surface area contributed by atoms with E-state index in [1.807, 2.05) is 6.07 Å². The lowest BCUT2D eigenvalue weighted by Crippen LogP contribution is -2.48. The number of amidine groups is 1. The lowest BCUT2D eigenvalue weighted by Gasteiger charge is -2.46. The molecule has 5 heteroatoms. The van der Waals surface area contributed by atoms with Crippen LogP contribution in [0.3, 0.4) is 0 Å². The van der Waals surface area contributed by atoms with E-state index in [-0.39, 0.29) is 17.5 Å². The van der Waals surface area contributed by atoms with Gasteiger partial charge in [-0.15, -0.1) is 0 Å². The highest BCUT2D eigenvalue weighted by molar-refractivity contribution is 5.95. The predicted molar refractivity (Wildman–Crippen MR) is 80.2 cm³/mol. The first kappa shape index (κ1) is 14.2. The summed E-state index contributed by atoms with van der Waals surface area (Å²) in [6.45, 7) is 0.758. The van der Waals surface area contributed by atoms with Crippen molar-refractivity contribution >= 4 is 5.84 Å². The maximum atomic E-state index is 7.57. The van der Waals surface area contributed by atoms with E-state index in [1.54, 1.807) is 19.2 Å². The fourth-order valence-electron chi connectivity index (χ4n) is 3.11. The van der Waals surface area contributed by atoms with Gasteiger partial charge in [0.15, 0.2) is 0 Å². The average Bonchev–Trinajstić information content (AvgIpc) is 2.45. The molecule has 1 atom stereocenters. The number of rotatable bonds is 4. The highest BCUT2D eigenvalue weighted by atomic mass is 16.5. The molecule has 1 unspecified atom stereocenters. The molecule has 114 valence electrons. The normalized spacial score (nSPS) is 23.4. The molecule has 0 radical (unpaired) electrons. The van der Waals surface area contributed by atoms with Crippen molar-refractivity contribution in [3.05, 3.63) is 23.8 Å². The Morgan fingerprint density at radius 3 is 2.71 bits per heavy atom. The molecule has 5 nitrogen and oxygen atoms in total. The number of nitrogen functional groups attached to an aromatic ring is 1. The zero-order valence-electron chi connectivity index (χ0n) is 12.4. The monoisotopic (exact) mass is 290 g/mol. The number of ether oxygens (including phenoxy) is 3. The molecule has 1 saturated heterocycles. The van der Waals surface area contributed by atoms with Gasteiger partial charge in [-0.05, 0) is 31.4 Å². The maximum absolute atomic E-state index is 7.57. The van der Waals surface area contributed by atoms with Gasteiger partial charge in [0.1, 0.15) is 23.4 Å². The van der Waals surface area contributed by atoms with Crippen molar-refractivity contribution in [2.45, 2.75) is 43.8 Å². The average molecular weight is 290 g/mol. The molecule has 0 aromatic heterocycles. The van der Waals surface area contributed by atoms with Gasteiger partial charge in [0.2, 0.25) is 0 Å². The largest absolute Gasteiger partial charge is 0.497 e. The highest BCUT2D eigenvalue weighted by Gasteiger charge is 2.43. The summed E-state index contributed by atoms with van der Waals surface area (Å²) < 4.78 is 17.3. The van der Waals surface area contributed by atoms with Crippen LogP contribution >= 0.6 is 0 Å². The van der Waals surface area contributed by atoms with Gasteiger partial charge in [-0.3, -0.25) is 5.41 Å². The fourth-order valence-corrected chi connectivity index (χ4v) is 3.11. The van der Waals surface area contributed by atoms with Gasteiger partial charge in [0.25, 0.3) is 0 Å². The summed E-state index contributed by atoms with van der Waals surface area (Å²) in [6, 6.07) is 5.38. The third-order valence-electron chi connectivity index (χ3n) is 4.44. The molecule has 3 N–H and O–H groups in total. The van der Waals surface area contributed by atoms with E-state index in [4.69, 9.17) is 25.4 Å². The van der Waals surface area contributed by atoms with E-state index in [0.717, 1.165) is 32.3 Å². The minimum Gasteiger partial charge on any atom is -0.497 e. The molecule has 1 saturated carbocycles.